The van der Waals surface area contributed by atoms with E-state index in [1.54, 1.807) is 6.07 Å². The van der Waals surface area contributed by atoms with Crippen molar-refractivity contribution < 1.29 is 13.5 Å². The highest BCUT2D eigenvalue weighted by atomic mass is 32.2. The lowest BCUT2D eigenvalue weighted by molar-refractivity contribution is 0.244. The van der Waals surface area contributed by atoms with E-state index in [9.17, 15) is 9.00 Å². The molecule has 1 aliphatic rings. The van der Waals surface area contributed by atoms with Gasteiger partial charge in [-0.05, 0) is 19.3 Å². The van der Waals surface area contributed by atoms with E-state index in [4.69, 9.17) is 4.52 Å². The lowest BCUT2D eigenvalue weighted by atomic mass is 9.95. The molecule has 1 aromatic heterocycles. The first kappa shape index (κ1) is 17.0. The summed E-state index contributed by atoms with van der Waals surface area (Å²) in [5, 5.41) is 9.67. The van der Waals surface area contributed by atoms with Crippen LogP contribution in [-0.2, 0) is 10.8 Å². The van der Waals surface area contributed by atoms with Gasteiger partial charge in [-0.2, -0.15) is 0 Å². The summed E-state index contributed by atoms with van der Waals surface area (Å²) in [5.41, 5.74) is 0. The molecule has 1 heterocycles. The fourth-order valence-electron chi connectivity index (χ4n) is 2.71. The maximum atomic E-state index is 12.0. The third kappa shape index (κ3) is 4.56. The van der Waals surface area contributed by atoms with Crippen LogP contribution in [0.25, 0.3) is 0 Å². The van der Waals surface area contributed by atoms with Crippen molar-refractivity contribution in [3.8, 4) is 0 Å². The van der Waals surface area contributed by atoms with Crippen LogP contribution in [0, 0.1) is 0 Å². The van der Waals surface area contributed by atoms with Crippen LogP contribution in [0.4, 0.5) is 10.6 Å². The molecule has 1 aliphatic carbocycles. The number of amides is 2. The number of hydrogen-bond acceptors (Lipinski definition) is 4. The van der Waals surface area contributed by atoms with Gasteiger partial charge in [0.15, 0.2) is 5.82 Å². The van der Waals surface area contributed by atoms with Crippen molar-refractivity contribution in [2.24, 2.45) is 0 Å². The van der Waals surface area contributed by atoms with Crippen molar-refractivity contribution in [2.45, 2.75) is 63.7 Å². The van der Waals surface area contributed by atoms with Crippen molar-refractivity contribution >= 4 is 22.6 Å². The number of rotatable bonds is 5. The predicted octanol–water partition coefficient (Wildman–Crippen LogP) is 3.00. The van der Waals surface area contributed by atoms with E-state index in [1.807, 2.05) is 20.8 Å². The molecule has 2 amide bonds. The molecular weight excluding hydrogens is 302 g/mol. The zero-order valence-corrected chi connectivity index (χ0v) is 14.2. The minimum atomic E-state index is -0.788. The van der Waals surface area contributed by atoms with Crippen LogP contribution in [0.3, 0.4) is 0 Å². The van der Waals surface area contributed by atoms with Gasteiger partial charge in [-0.3, -0.25) is 9.53 Å². The number of anilines is 1. The van der Waals surface area contributed by atoms with E-state index < -0.39 is 10.8 Å². The molecule has 6 nitrogen and oxygen atoms in total. The molecule has 1 saturated carbocycles. The molecule has 2 rings (SSSR count). The van der Waals surface area contributed by atoms with Crippen LogP contribution in [0.5, 0.6) is 0 Å². The zero-order chi connectivity index (χ0) is 16.1. The summed E-state index contributed by atoms with van der Waals surface area (Å²) < 4.78 is 17.1. The molecule has 1 fully saturated rings. The Morgan fingerprint density at radius 3 is 2.91 bits per heavy atom. The van der Waals surface area contributed by atoms with Crippen molar-refractivity contribution in [3.63, 3.8) is 0 Å². The Bertz CT molecular complexity index is 530. The second-order valence-corrected chi connectivity index (χ2v) is 8.03. The van der Waals surface area contributed by atoms with Crippen LogP contribution in [-0.4, -0.2) is 32.4 Å². The van der Waals surface area contributed by atoms with Gasteiger partial charge >= 0.3 is 6.03 Å². The molecule has 3 atom stereocenters. The van der Waals surface area contributed by atoms with Crippen molar-refractivity contribution in [2.75, 3.05) is 11.1 Å². The summed E-state index contributed by atoms with van der Waals surface area (Å²) in [6.07, 6.45) is 3.70. The van der Waals surface area contributed by atoms with Crippen LogP contribution in [0.15, 0.2) is 10.6 Å². The lowest BCUT2D eigenvalue weighted by Crippen LogP contribution is -2.43. The fraction of sp³-hybridized carbons (Fsp3) is 0.733. The summed E-state index contributed by atoms with van der Waals surface area (Å²) in [6, 6.07) is 1.53. The maximum absolute atomic E-state index is 12.0. The summed E-state index contributed by atoms with van der Waals surface area (Å²) in [6.45, 7) is 5.94. The largest absolute Gasteiger partial charge is 0.359 e. The first-order valence-corrected chi connectivity index (χ1v) is 9.29. The van der Waals surface area contributed by atoms with Gasteiger partial charge in [-0.25, -0.2) is 4.79 Å². The molecule has 2 N–H and O–H groups in total. The Kier molecular flexibility index (Phi) is 5.99. The van der Waals surface area contributed by atoms with Gasteiger partial charge in [-0.1, -0.05) is 32.3 Å². The van der Waals surface area contributed by atoms with Crippen LogP contribution in [0.1, 0.15) is 58.1 Å². The monoisotopic (exact) mass is 327 g/mol. The molecule has 124 valence electrons. The molecule has 0 aliphatic heterocycles. The second kappa shape index (κ2) is 7.76. The Morgan fingerprint density at radius 2 is 2.27 bits per heavy atom. The van der Waals surface area contributed by atoms with Gasteiger partial charge in [0, 0.05) is 39.8 Å². The van der Waals surface area contributed by atoms with Gasteiger partial charge in [0.25, 0.3) is 0 Å². The van der Waals surface area contributed by atoms with Crippen LogP contribution in [0.2, 0.25) is 0 Å². The summed E-state index contributed by atoms with van der Waals surface area (Å²) >= 11 is 0. The Labute approximate surface area is 133 Å². The molecule has 0 radical (unpaired) electrons. The third-order valence-corrected chi connectivity index (χ3v) is 5.70. The number of carbonyl (C=O) groups is 1. The van der Waals surface area contributed by atoms with Gasteiger partial charge in [0.1, 0.15) is 5.76 Å². The Morgan fingerprint density at radius 1 is 1.50 bits per heavy atom. The Hall–Kier alpha value is -1.37. The number of carbonyl (C=O) groups excluding carboxylic acids is 1. The number of nitrogens with one attached hydrogen (secondary N) is 2. The van der Waals surface area contributed by atoms with E-state index in [0.717, 1.165) is 31.4 Å². The average molecular weight is 327 g/mol. The standard InChI is InChI=1S/C15H25N3O3S/c1-4-22(20)12-7-5-6-11(8-12)16-15(19)17-14-9-13(10(2)3)21-18-14/h9-12H,4-8H2,1-3H3,(H2,16,17,18,19)/t11-,12+,22+/m1/s1. The van der Waals surface area contributed by atoms with E-state index >= 15 is 0 Å². The highest BCUT2D eigenvalue weighted by Gasteiger charge is 2.26. The topological polar surface area (TPSA) is 84.2 Å². The van der Waals surface area contributed by atoms with Gasteiger partial charge in [0.05, 0.1) is 0 Å². The van der Waals surface area contributed by atoms with E-state index in [2.05, 4.69) is 15.8 Å². The average Bonchev–Trinajstić information content (AvgIpc) is 2.95. The number of nitrogens with zero attached hydrogens (tertiary/aromatic N) is 1. The molecule has 7 heteroatoms. The number of aromatic nitrogens is 1. The van der Waals surface area contributed by atoms with Crippen molar-refractivity contribution in [3.05, 3.63) is 11.8 Å². The minimum Gasteiger partial charge on any atom is -0.359 e. The third-order valence-electron chi connectivity index (χ3n) is 3.96. The lowest BCUT2D eigenvalue weighted by Gasteiger charge is -2.28. The molecule has 1 aromatic rings. The second-order valence-electron chi connectivity index (χ2n) is 6.02. The van der Waals surface area contributed by atoms with Gasteiger partial charge in [-0.15, -0.1) is 0 Å². The first-order valence-electron chi connectivity index (χ1n) is 7.90. The molecule has 0 bridgehead atoms. The van der Waals surface area contributed by atoms with E-state index in [0.29, 0.717) is 11.6 Å². The highest BCUT2D eigenvalue weighted by molar-refractivity contribution is 7.85. The SMILES string of the molecule is CC[S@](=O)[C@H]1CCC[C@@H](NC(=O)Nc2cc(C(C)C)on2)C1. The van der Waals surface area contributed by atoms with Crippen LogP contribution < -0.4 is 10.6 Å². The first-order chi connectivity index (χ1) is 10.5. The van der Waals surface area contributed by atoms with Gasteiger partial charge in [0.2, 0.25) is 0 Å². The fourth-order valence-corrected chi connectivity index (χ4v) is 4.06. The summed E-state index contributed by atoms with van der Waals surface area (Å²) in [7, 11) is -0.788. The minimum absolute atomic E-state index is 0.0747. The predicted molar refractivity (Wildman–Crippen MR) is 87.5 cm³/mol. The normalized spacial score (nSPS) is 23.3. The van der Waals surface area contributed by atoms with E-state index in [1.165, 1.54) is 0 Å². The number of urea groups is 1. The van der Waals surface area contributed by atoms with E-state index in [-0.39, 0.29) is 23.2 Å². The molecule has 22 heavy (non-hydrogen) atoms. The van der Waals surface area contributed by atoms with Crippen molar-refractivity contribution in [1.82, 2.24) is 10.5 Å². The summed E-state index contributed by atoms with van der Waals surface area (Å²) in [4.78, 5) is 12.0. The Balaban J connectivity index is 1.84. The quantitative estimate of drug-likeness (QED) is 0.870. The van der Waals surface area contributed by atoms with Crippen molar-refractivity contribution in [1.29, 1.82) is 0 Å². The molecule has 0 spiro atoms. The van der Waals surface area contributed by atoms with Crippen LogP contribution >= 0.6 is 0 Å². The zero-order valence-electron chi connectivity index (χ0n) is 13.4. The molecule has 0 aromatic carbocycles. The molecule has 0 unspecified atom stereocenters. The molecular formula is C15H25N3O3S. The maximum Gasteiger partial charge on any atom is 0.320 e. The smallest absolute Gasteiger partial charge is 0.320 e. The van der Waals surface area contributed by atoms with Gasteiger partial charge < -0.3 is 9.84 Å². The summed E-state index contributed by atoms with van der Waals surface area (Å²) in [5.74, 6) is 2.08. The highest BCUT2D eigenvalue weighted by Crippen LogP contribution is 2.23. The molecule has 0 saturated heterocycles. The number of hydrogen-bond donors (Lipinski definition) is 2.